The van der Waals surface area contributed by atoms with E-state index in [9.17, 15) is 9.59 Å². The third-order valence-electron chi connectivity index (χ3n) is 3.60. The molecule has 1 saturated heterocycles. The van der Waals surface area contributed by atoms with Crippen LogP contribution in [0.2, 0.25) is 0 Å². The minimum atomic E-state index is -0.0696. The van der Waals surface area contributed by atoms with E-state index in [4.69, 9.17) is 0 Å². The first kappa shape index (κ1) is 15.0. The molecule has 1 aromatic rings. The Morgan fingerprint density at radius 1 is 1.40 bits per heavy atom. The van der Waals surface area contributed by atoms with Crippen LogP contribution in [0.25, 0.3) is 0 Å². The van der Waals surface area contributed by atoms with E-state index in [1.54, 1.807) is 16.2 Å². The van der Waals surface area contributed by atoms with Crippen molar-refractivity contribution in [1.29, 1.82) is 0 Å². The number of hydrogen-bond donors (Lipinski definition) is 1. The van der Waals surface area contributed by atoms with Gasteiger partial charge < -0.3 is 10.2 Å². The van der Waals surface area contributed by atoms with E-state index in [1.807, 2.05) is 24.4 Å². The first-order chi connectivity index (χ1) is 9.66. The third-order valence-corrected chi connectivity index (χ3v) is 4.66. The van der Waals surface area contributed by atoms with Crippen molar-refractivity contribution in [3.63, 3.8) is 0 Å². The van der Waals surface area contributed by atoms with Gasteiger partial charge in [-0.05, 0) is 31.2 Å². The van der Waals surface area contributed by atoms with Gasteiger partial charge in [0.1, 0.15) is 0 Å². The largest absolute Gasteiger partial charge is 0.347 e. The molecule has 2 amide bonds. The van der Waals surface area contributed by atoms with Crippen LogP contribution in [0.4, 0.5) is 0 Å². The quantitative estimate of drug-likeness (QED) is 0.928. The topological polar surface area (TPSA) is 49.4 Å². The van der Waals surface area contributed by atoms with Crippen LogP contribution in [0.15, 0.2) is 17.5 Å². The number of hydrogen-bond acceptors (Lipinski definition) is 3. The Labute approximate surface area is 124 Å². The van der Waals surface area contributed by atoms with Crippen molar-refractivity contribution < 1.29 is 9.59 Å². The highest BCUT2D eigenvalue weighted by molar-refractivity contribution is 7.10. The van der Waals surface area contributed by atoms with Gasteiger partial charge in [-0.15, -0.1) is 11.3 Å². The SMILES string of the molecule is CC(NC(=O)CN1CCCCCCC1=O)c1cccs1. The highest BCUT2D eigenvalue weighted by Gasteiger charge is 2.19. The number of thiophene rings is 1. The van der Waals surface area contributed by atoms with Crippen LogP contribution >= 0.6 is 11.3 Å². The van der Waals surface area contributed by atoms with Crippen LogP contribution in [0.5, 0.6) is 0 Å². The van der Waals surface area contributed by atoms with Gasteiger partial charge in [-0.25, -0.2) is 0 Å². The minimum Gasteiger partial charge on any atom is -0.347 e. The molecule has 0 aromatic carbocycles. The van der Waals surface area contributed by atoms with E-state index < -0.39 is 0 Å². The highest BCUT2D eigenvalue weighted by Crippen LogP contribution is 2.18. The van der Waals surface area contributed by atoms with Gasteiger partial charge in [-0.2, -0.15) is 0 Å². The molecular weight excluding hydrogens is 272 g/mol. The maximum atomic E-state index is 12.1. The number of rotatable bonds is 4. The zero-order valence-corrected chi connectivity index (χ0v) is 12.7. The molecule has 2 rings (SSSR count). The second-order valence-electron chi connectivity index (χ2n) is 5.28. The zero-order valence-electron chi connectivity index (χ0n) is 11.9. The average molecular weight is 294 g/mol. The Kier molecular flexibility index (Phi) is 5.59. The van der Waals surface area contributed by atoms with Crippen molar-refractivity contribution >= 4 is 23.2 Å². The summed E-state index contributed by atoms with van der Waals surface area (Å²) in [7, 11) is 0. The third kappa shape index (κ3) is 4.34. The van der Waals surface area contributed by atoms with E-state index in [0.29, 0.717) is 13.0 Å². The summed E-state index contributed by atoms with van der Waals surface area (Å²) in [6.45, 7) is 2.87. The fourth-order valence-electron chi connectivity index (χ4n) is 2.45. The van der Waals surface area contributed by atoms with E-state index in [2.05, 4.69) is 5.32 Å². The van der Waals surface area contributed by atoms with E-state index in [0.717, 1.165) is 30.6 Å². The van der Waals surface area contributed by atoms with Crippen molar-refractivity contribution in [2.24, 2.45) is 0 Å². The molecule has 110 valence electrons. The Bertz CT molecular complexity index is 445. The van der Waals surface area contributed by atoms with Crippen LogP contribution in [0.3, 0.4) is 0 Å². The van der Waals surface area contributed by atoms with Gasteiger partial charge in [0.25, 0.3) is 0 Å². The van der Waals surface area contributed by atoms with Crippen LogP contribution < -0.4 is 5.32 Å². The summed E-state index contributed by atoms with van der Waals surface area (Å²) in [5.41, 5.74) is 0. The summed E-state index contributed by atoms with van der Waals surface area (Å²) in [5.74, 6) is 0.0449. The molecular formula is C15H22N2O2S. The number of amides is 2. The summed E-state index contributed by atoms with van der Waals surface area (Å²) in [5, 5.41) is 4.96. The zero-order chi connectivity index (χ0) is 14.4. The summed E-state index contributed by atoms with van der Waals surface area (Å²) in [4.78, 5) is 26.9. The van der Waals surface area contributed by atoms with E-state index in [1.165, 1.54) is 0 Å². The number of carbonyl (C=O) groups is 2. The lowest BCUT2D eigenvalue weighted by Crippen LogP contribution is -2.42. The molecule has 1 atom stereocenters. The summed E-state index contributed by atoms with van der Waals surface area (Å²) in [6.07, 6.45) is 4.80. The molecule has 4 nitrogen and oxygen atoms in total. The van der Waals surface area contributed by atoms with Crippen molar-refractivity contribution in [3.05, 3.63) is 22.4 Å². The first-order valence-electron chi connectivity index (χ1n) is 7.27. The van der Waals surface area contributed by atoms with Crippen LogP contribution in [0.1, 0.15) is 49.9 Å². The van der Waals surface area contributed by atoms with Crippen molar-refractivity contribution in [1.82, 2.24) is 10.2 Å². The molecule has 5 heteroatoms. The molecule has 0 radical (unpaired) electrons. The van der Waals surface area contributed by atoms with Crippen LogP contribution in [0, 0.1) is 0 Å². The van der Waals surface area contributed by atoms with Gasteiger partial charge in [0.2, 0.25) is 11.8 Å². The molecule has 1 aromatic heterocycles. The molecule has 1 aliphatic rings. The van der Waals surface area contributed by atoms with Gasteiger partial charge in [0.15, 0.2) is 0 Å². The Morgan fingerprint density at radius 2 is 2.20 bits per heavy atom. The predicted molar refractivity (Wildman–Crippen MR) is 80.5 cm³/mol. The second-order valence-corrected chi connectivity index (χ2v) is 6.26. The molecule has 0 aliphatic carbocycles. The molecule has 1 aliphatic heterocycles. The van der Waals surface area contributed by atoms with E-state index in [-0.39, 0.29) is 24.4 Å². The maximum absolute atomic E-state index is 12.1. The fraction of sp³-hybridized carbons (Fsp3) is 0.600. The second kappa shape index (κ2) is 7.43. The summed E-state index contributed by atoms with van der Waals surface area (Å²) in [6, 6.07) is 3.99. The van der Waals surface area contributed by atoms with Gasteiger partial charge in [0.05, 0.1) is 12.6 Å². The molecule has 1 unspecified atom stereocenters. The Morgan fingerprint density at radius 3 is 2.95 bits per heavy atom. The lowest BCUT2D eigenvalue weighted by atomic mass is 10.1. The van der Waals surface area contributed by atoms with Gasteiger partial charge in [-0.3, -0.25) is 9.59 Å². The number of nitrogens with one attached hydrogen (secondary N) is 1. The van der Waals surface area contributed by atoms with Crippen LogP contribution in [-0.2, 0) is 9.59 Å². The monoisotopic (exact) mass is 294 g/mol. The molecule has 1 fully saturated rings. The van der Waals surface area contributed by atoms with Crippen molar-refractivity contribution in [2.75, 3.05) is 13.1 Å². The Balaban J connectivity index is 1.84. The fourth-order valence-corrected chi connectivity index (χ4v) is 3.19. The number of nitrogens with zero attached hydrogens (tertiary/aromatic N) is 1. The summed E-state index contributed by atoms with van der Waals surface area (Å²) >= 11 is 1.63. The molecule has 0 saturated carbocycles. The smallest absolute Gasteiger partial charge is 0.240 e. The number of likely N-dealkylation sites (tertiary alicyclic amines) is 1. The molecule has 1 N–H and O–H groups in total. The van der Waals surface area contributed by atoms with Gasteiger partial charge >= 0.3 is 0 Å². The molecule has 0 bridgehead atoms. The maximum Gasteiger partial charge on any atom is 0.240 e. The lowest BCUT2D eigenvalue weighted by molar-refractivity contribution is -0.136. The van der Waals surface area contributed by atoms with Crippen molar-refractivity contribution in [3.8, 4) is 0 Å². The highest BCUT2D eigenvalue weighted by atomic mass is 32.1. The lowest BCUT2D eigenvalue weighted by Gasteiger charge is -2.25. The number of carbonyl (C=O) groups excluding carboxylic acids is 2. The van der Waals surface area contributed by atoms with Crippen LogP contribution in [-0.4, -0.2) is 29.8 Å². The first-order valence-corrected chi connectivity index (χ1v) is 8.15. The predicted octanol–water partition coefficient (Wildman–Crippen LogP) is 2.72. The normalized spacial score (nSPS) is 18.2. The van der Waals surface area contributed by atoms with Gasteiger partial charge in [0, 0.05) is 17.8 Å². The Hall–Kier alpha value is -1.36. The van der Waals surface area contributed by atoms with Crippen molar-refractivity contribution in [2.45, 2.75) is 45.1 Å². The molecule has 20 heavy (non-hydrogen) atoms. The molecule has 0 spiro atoms. The van der Waals surface area contributed by atoms with Gasteiger partial charge in [-0.1, -0.05) is 18.9 Å². The standard InChI is InChI=1S/C15H22N2O2S/c1-12(13-7-6-10-20-13)16-14(18)11-17-9-5-3-2-4-8-15(17)19/h6-7,10,12H,2-5,8-9,11H2,1H3,(H,16,18). The summed E-state index contributed by atoms with van der Waals surface area (Å²) < 4.78 is 0. The minimum absolute atomic E-state index is 0.00681. The van der Waals surface area contributed by atoms with E-state index >= 15 is 0 Å². The average Bonchev–Trinajstić information content (AvgIpc) is 2.92. The molecule has 2 heterocycles.